The van der Waals surface area contributed by atoms with Crippen LogP contribution in [0.15, 0.2) is 60.7 Å². The van der Waals surface area contributed by atoms with Gasteiger partial charge in [0.05, 0.1) is 6.54 Å². The van der Waals surface area contributed by atoms with Crippen molar-refractivity contribution in [3.8, 4) is 0 Å². The van der Waals surface area contributed by atoms with Crippen molar-refractivity contribution in [2.45, 2.75) is 32.6 Å². The van der Waals surface area contributed by atoms with E-state index in [1.165, 1.54) is 4.90 Å². The molecule has 3 rings (SSSR count). The van der Waals surface area contributed by atoms with E-state index in [0.29, 0.717) is 19.6 Å². The summed E-state index contributed by atoms with van der Waals surface area (Å²) in [5, 5.41) is 2.28. The highest BCUT2D eigenvalue weighted by Crippen LogP contribution is 2.46. The summed E-state index contributed by atoms with van der Waals surface area (Å²) in [6.07, 6.45) is -5.04. The van der Waals surface area contributed by atoms with E-state index in [1.54, 1.807) is 11.8 Å². The minimum Gasteiger partial charge on any atom is -0.346 e. The summed E-state index contributed by atoms with van der Waals surface area (Å²) in [5.74, 6) is -1.55. The molecule has 2 aromatic carbocycles. The summed E-state index contributed by atoms with van der Waals surface area (Å²) in [7, 11) is 0. The smallest absolute Gasteiger partial charge is 0.346 e. The molecule has 0 bridgehead atoms. The van der Waals surface area contributed by atoms with Gasteiger partial charge in [-0.2, -0.15) is 13.2 Å². The maximum absolute atomic E-state index is 14.0. The molecule has 0 spiro atoms. The van der Waals surface area contributed by atoms with E-state index in [2.05, 4.69) is 5.32 Å². The summed E-state index contributed by atoms with van der Waals surface area (Å²) < 4.78 is 42.1. The second-order valence-corrected chi connectivity index (χ2v) is 8.10. The zero-order valence-corrected chi connectivity index (χ0v) is 18.1. The Morgan fingerprint density at radius 3 is 2.19 bits per heavy atom. The molecule has 1 aliphatic heterocycles. The highest BCUT2D eigenvalue weighted by atomic mass is 19.4. The molecule has 2 amide bonds. The van der Waals surface area contributed by atoms with Gasteiger partial charge in [0.1, 0.15) is 0 Å². The lowest BCUT2D eigenvalue weighted by Gasteiger charge is -2.31. The molecule has 1 atom stereocenters. The second-order valence-electron chi connectivity index (χ2n) is 8.10. The van der Waals surface area contributed by atoms with Gasteiger partial charge in [0.15, 0.2) is 5.41 Å². The summed E-state index contributed by atoms with van der Waals surface area (Å²) in [5.41, 5.74) is -0.716. The number of nitrogens with zero attached hydrogens (tertiary/aromatic N) is 2. The topological polar surface area (TPSA) is 52.7 Å². The molecule has 0 radical (unpaired) electrons. The van der Waals surface area contributed by atoms with E-state index < -0.39 is 36.5 Å². The van der Waals surface area contributed by atoms with Gasteiger partial charge in [0, 0.05) is 26.2 Å². The van der Waals surface area contributed by atoms with E-state index >= 15 is 0 Å². The maximum atomic E-state index is 14.0. The van der Waals surface area contributed by atoms with Crippen LogP contribution in [-0.4, -0.2) is 54.0 Å². The van der Waals surface area contributed by atoms with Crippen LogP contribution in [0.4, 0.5) is 13.2 Å². The van der Waals surface area contributed by atoms with Crippen molar-refractivity contribution in [3.63, 3.8) is 0 Å². The highest BCUT2D eigenvalue weighted by Gasteiger charge is 2.62. The monoisotopic (exact) mass is 447 g/mol. The first-order valence-electron chi connectivity index (χ1n) is 10.7. The fourth-order valence-corrected chi connectivity index (χ4v) is 4.03. The summed E-state index contributed by atoms with van der Waals surface area (Å²) in [6.45, 7) is 2.12. The third-order valence-corrected chi connectivity index (χ3v) is 5.93. The van der Waals surface area contributed by atoms with Crippen LogP contribution >= 0.6 is 0 Å². The molecule has 32 heavy (non-hydrogen) atoms. The van der Waals surface area contributed by atoms with Crippen molar-refractivity contribution in [2.24, 2.45) is 5.41 Å². The van der Waals surface area contributed by atoms with Crippen molar-refractivity contribution in [3.05, 3.63) is 71.8 Å². The Bertz CT molecular complexity index is 906. The number of hydrogen-bond acceptors (Lipinski definition) is 3. The first-order chi connectivity index (χ1) is 15.2. The van der Waals surface area contributed by atoms with Crippen LogP contribution in [0.3, 0.4) is 0 Å². The number of carbonyl (C=O) groups excluding carboxylic acids is 2. The van der Waals surface area contributed by atoms with Gasteiger partial charge < -0.3 is 10.2 Å². The summed E-state index contributed by atoms with van der Waals surface area (Å²) in [4.78, 5) is 28.5. The Hall–Kier alpha value is -2.87. The predicted octanol–water partition coefficient (Wildman–Crippen LogP) is 3.61. The molecule has 1 N–H and O–H groups in total. The van der Waals surface area contributed by atoms with Gasteiger partial charge in [0.2, 0.25) is 11.8 Å². The molecule has 0 aliphatic carbocycles. The second kappa shape index (κ2) is 10.2. The van der Waals surface area contributed by atoms with Crippen molar-refractivity contribution in [2.75, 3.05) is 26.2 Å². The van der Waals surface area contributed by atoms with Crippen LogP contribution in [0.25, 0.3) is 0 Å². The van der Waals surface area contributed by atoms with Crippen LogP contribution in [0.5, 0.6) is 0 Å². The van der Waals surface area contributed by atoms with Crippen LogP contribution < -0.4 is 5.32 Å². The maximum Gasteiger partial charge on any atom is 0.404 e. The number of rotatable bonds is 8. The zero-order chi connectivity index (χ0) is 23.2. The quantitative estimate of drug-likeness (QED) is 0.673. The van der Waals surface area contributed by atoms with Crippen LogP contribution in [-0.2, 0) is 22.7 Å². The number of hydrogen-bond donors (Lipinski definition) is 1. The number of likely N-dealkylation sites (tertiary alicyclic amines) is 1. The molecule has 0 aromatic heterocycles. The molecule has 1 fully saturated rings. The van der Waals surface area contributed by atoms with Crippen LogP contribution in [0.2, 0.25) is 0 Å². The lowest BCUT2D eigenvalue weighted by Crippen LogP contribution is -2.54. The van der Waals surface area contributed by atoms with E-state index in [-0.39, 0.29) is 13.0 Å². The van der Waals surface area contributed by atoms with Crippen molar-refractivity contribution in [1.29, 1.82) is 0 Å². The van der Waals surface area contributed by atoms with Crippen molar-refractivity contribution in [1.82, 2.24) is 15.1 Å². The van der Waals surface area contributed by atoms with Gasteiger partial charge in [-0.3, -0.25) is 14.5 Å². The van der Waals surface area contributed by atoms with Gasteiger partial charge in [-0.15, -0.1) is 0 Å². The van der Waals surface area contributed by atoms with Gasteiger partial charge in [-0.05, 0) is 31.0 Å². The molecule has 2 aromatic rings. The average Bonchev–Trinajstić information content (AvgIpc) is 3.22. The molecular weight excluding hydrogens is 419 g/mol. The molecule has 0 saturated carbocycles. The van der Waals surface area contributed by atoms with E-state index in [4.69, 9.17) is 0 Å². The van der Waals surface area contributed by atoms with Crippen LogP contribution in [0, 0.1) is 5.41 Å². The number of likely N-dealkylation sites (N-methyl/N-ethyl adjacent to an activating group) is 1. The third kappa shape index (κ3) is 5.48. The number of carbonyl (C=O) groups is 2. The fraction of sp³-hybridized carbons (Fsp3) is 0.417. The predicted molar refractivity (Wildman–Crippen MR) is 115 cm³/mol. The van der Waals surface area contributed by atoms with Crippen LogP contribution in [0.1, 0.15) is 24.5 Å². The molecule has 8 heteroatoms. The van der Waals surface area contributed by atoms with E-state index in [0.717, 1.165) is 11.1 Å². The number of nitrogens with one attached hydrogen (secondary N) is 1. The molecule has 172 valence electrons. The minimum atomic E-state index is -4.71. The van der Waals surface area contributed by atoms with Gasteiger partial charge >= 0.3 is 6.18 Å². The largest absolute Gasteiger partial charge is 0.404 e. The fourth-order valence-electron chi connectivity index (χ4n) is 4.03. The lowest BCUT2D eigenvalue weighted by atomic mass is 9.85. The Labute approximate surface area is 186 Å². The molecule has 1 aliphatic rings. The third-order valence-electron chi connectivity index (χ3n) is 5.93. The highest BCUT2D eigenvalue weighted by molar-refractivity contribution is 5.89. The van der Waals surface area contributed by atoms with E-state index in [1.807, 2.05) is 60.7 Å². The van der Waals surface area contributed by atoms with Crippen molar-refractivity contribution >= 4 is 11.8 Å². The summed E-state index contributed by atoms with van der Waals surface area (Å²) in [6, 6.07) is 18.5. The number of amides is 2. The molecule has 5 nitrogen and oxygen atoms in total. The Morgan fingerprint density at radius 1 is 1.03 bits per heavy atom. The van der Waals surface area contributed by atoms with Gasteiger partial charge in [-0.25, -0.2) is 0 Å². The summed E-state index contributed by atoms with van der Waals surface area (Å²) >= 11 is 0. The molecule has 1 heterocycles. The zero-order valence-electron chi connectivity index (χ0n) is 18.1. The molecule has 1 unspecified atom stereocenters. The average molecular weight is 448 g/mol. The van der Waals surface area contributed by atoms with E-state index in [9.17, 15) is 22.8 Å². The molecule has 1 saturated heterocycles. The lowest BCUT2D eigenvalue weighted by molar-refractivity contribution is -0.218. The Morgan fingerprint density at radius 2 is 1.62 bits per heavy atom. The standard InChI is InChI=1S/C24H28F3N3O2/c1-2-30(17-20-11-7-4-8-12-20)21(31)15-28-22(32)23(24(25,26)27)13-14-29(18-23)16-19-9-5-3-6-10-19/h3-12H,2,13-18H2,1H3,(H,28,32). The number of halogens is 3. The normalized spacial score (nSPS) is 19.0. The first kappa shape index (κ1) is 23.8. The number of benzene rings is 2. The Balaban J connectivity index is 1.63. The number of alkyl halides is 3. The first-order valence-corrected chi connectivity index (χ1v) is 10.7. The van der Waals surface area contributed by atoms with Gasteiger partial charge in [-0.1, -0.05) is 60.7 Å². The Kier molecular flexibility index (Phi) is 7.56. The SMILES string of the molecule is CCN(Cc1ccccc1)C(=O)CNC(=O)C1(C(F)(F)F)CCN(Cc2ccccc2)C1. The van der Waals surface area contributed by atoms with Crippen molar-refractivity contribution < 1.29 is 22.8 Å². The molecular formula is C24H28F3N3O2. The minimum absolute atomic E-state index is 0.158. The van der Waals surface area contributed by atoms with Gasteiger partial charge in [0.25, 0.3) is 0 Å².